The summed E-state index contributed by atoms with van der Waals surface area (Å²) in [6.45, 7) is 0.642. The highest BCUT2D eigenvalue weighted by Gasteiger charge is 2.15. The topological polar surface area (TPSA) is 32.3 Å². The molecule has 2 nitrogen and oxygen atoms in total. The molecule has 1 heterocycles. The van der Waals surface area contributed by atoms with Crippen LogP contribution in [-0.2, 0) is 0 Å². The van der Waals surface area contributed by atoms with Crippen molar-refractivity contribution < 1.29 is 9.22 Å². The number of rotatable bonds is 0. The highest BCUT2D eigenvalue weighted by atomic mass is 35.5. The van der Waals surface area contributed by atoms with Crippen molar-refractivity contribution in [3.8, 4) is 0 Å². The third-order valence-corrected chi connectivity index (χ3v) is 2.29. The number of fused-ring (bicyclic) bond motifs is 1. The van der Waals surface area contributed by atoms with E-state index in [1.807, 2.05) is 0 Å². The molecular weight excluding hydrogens is 186 g/mol. The van der Waals surface area contributed by atoms with Gasteiger partial charge in [-0.1, -0.05) is 17.6 Å². The summed E-state index contributed by atoms with van der Waals surface area (Å²) in [5.74, 6) is 0. The number of aliphatic hydroxyl groups is 1. The van der Waals surface area contributed by atoms with Crippen LogP contribution in [0.1, 0.15) is 28.6 Å². The van der Waals surface area contributed by atoms with Crippen LogP contribution >= 0.6 is 11.6 Å². The van der Waals surface area contributed by atoms with Crippen molar-refractivity contribution >= 4 is 17.3 Å². The number of anilines is 1. The Hall–Kier alpha value is -0.730. The van der Waals surface area contributed by atoms with Crippen molar-refractivity contribution in [2.75, 3.05) is 11.9 Å². The molecule has 1 unspecified atom stereocenters. The lowest BCUT2D eigenvalue weighted by molar-refractivity contribution is 0.168. The number of nitrogens with one attached hydrogen (secondary N) is 1. The molecule has 0 fully saturated rings. The van der Waals surface area contributed by atoms with Gasteiger partial charge in [-0.25, -0.2) is 0 Å². The molecule has 1 aromatic carbocycles. The van der Waals surface area contributed by atoms with E-state index in [9.17, 15) is 5.11 Å². The van der Waals surface area contributed by atoms with Gasteiger partial charge in [0, 0.05) is 22.8 Å². The SMILES string of the molecule is [2H]c1c([2H])c2c(c([2H])c1Cl)NCCCC2O. The van der Waals surface area contributed by atoms with E-state index in [0.29, 0.717) is 24.2 Å². The number of hydrogen-bond donors (Lipinski definition) is 2. The second-order valence-corrected chi connectivity index (χ2v) is 3.44. The normalized spacial score (nSPS) is 24.8. The molecule has 1 atom stereocenters. The third-order valence-electron chi connectivity index (χ3n) is 2.10. The summed E-state index contributed by atoms with van der Waals surface area (Å²) in [7, 11) is 0. The molecular formula is C10H12ClNO. The highest BCUT2D eigenvalue weighted by Crippen LogP contribution is 2.31. The molecule has 0 radical (unpaired) electrons. The fraction of sp³-hybridized carbons (Fsp3) is 0.400. The first-order valence-corrected chi connectivity index (χ1v) is 4.63. The fourth-order valence-corrected chi connectivity index (χ4v) is 1.58. The maximum Gasteiger partial charge on any atom is 0.0810 e. The Morgan fingerprint density at radius 1 is 1.62 bits per heavy atom. The Labute approximate surface area is 86.7 Å². The summed E-state index contributed by atoms with van der Waals surface area (Å²) in [5.41, 5.74) is 0.730. The van der Waals surface area contributed by atoms with Gasteiger partial charge in [-0.05, 0) is 24.9 Å². The molecule has 0 spiro atoms. The minimum absolute atomic E-state index is 0.00128. The van der Waals surface area contributed by atoms with Gasteiger partial charge in [-0.3, -0.25) is 0 Å². The van der Waals surface area contributed by atoms with Crippen molar-refractivity contribution in [3.63, 3.8) is 0 Å². The molecule has 1 aliphatic rings. The fourth-order valence-electron chi connectivity index (χ4n) is 1.44. The molecule has 0 saturated carbocycles. The molecule has 1 aliphatic heterocycles. The van der Waals surface area contributed by atoms with E-state index in [4.69, 9.17) is 15.7 Å². The van der Waals surface area contributed by atoms with Crippen molar-refractivity contribution in [3.05, 3.63) is 28.7 Å². The van der Waals surface area contributed by atoms with Gasteiger partial charge in [0.2, 0.25) is 0 Å². The van der Waals surface area contributed by atoms with Gasteiger partial charge < -0.3 is 10.4 Å². The van der Waals surface area contributed by atoms with Gasteiger partial charge >= 0.3 is 0 Å². The van der Waals surface area contributed by atoms with E-state index in [1.165, 1.54) is 0 Å². The van der Waals surface area contributed by atoms with Crippen LogP contribution in [0.2, 0.25) is 5.02 Å². The molecule has 13 heavy (non-hydrogen) atoms. The first-order valence-electron chi connectivity index (χ1n) is 5.75. The molecule has 3 heteroatoms. The summed E-state index contributed by atoms with van der Waals surface area (Å²) in [6, 6.07) is -0.273. The van der Waals surface area contributed by atoms with E-state index in [1.54, 1.807) is 0 Å². The van der Waals surface area contributed by atoms with Gasteiger partial charge in [0.05, 0.1) is 10.2 Å². The lowest BCUT2D eigenvalue weighted by atomic mass is 10.1. The largest absolute Gasteiger partial charge is 0.388 e. The minimum atomic E-state index is -0.789. The summed E-state index contributed by atoms with van der Waals surface area (Å²) >= 11 is 5.80. The van der Waals surface area contributed by atoms with Crippen molar-refractivity contribution in [1.82, 2.24) is 0 Å². The molecule has 2 N–H and O–H groups in total. The van der Waals surface area contributed by atoms with Gasteiger partial charge in [-0.2, -0.15) is 0 Å². The van der Waals surface area contributed by atoms with Crippen LogP contribution in [0.3, 0.4) is 0 Å². The standard InChI is InChI=1S/C10H12ClNO/c11-7-3-4-8-9(6-7)12-5-1-2-10(8)13/h3-4,6,10,12-13H,1-2,5H2/i3D,4D,6D. The maximum atomic E-state index is 9.89. The summed E-state index contributed by atoms with van der Waals surface area (Å²) < 4.78 is 23.2. The van der Waals surface area contributed by atoms with Crippen LogP contribution in [0.5, 0.6) is 0 Å². The lowest BCUT2D eigenvalue weighted by Gasteiger charge is -2.11. The van der Waals surface area contributed by atoms with Crippen molar-refractivity contribution in [2.24, 2.45) is 0 Å². The molecule has 2 rings (SSSR count). The van der Waals surface area contributed by atoms with Gasteiger partial charge in [0.1, 0.15) is 0 Å². The molecule has 0 aromatic heterocycles. The first-order chi connectivity index (χ1) is 7.54. The monoisotopic (exact) mass is 200 g/mol. The Balaban J connectivity index is 2.71. The zero-order valence-electron chi connectivity index (χ0n) is 10.0. The molecule has 0 bridgehead atoms. The quantitative estimate of drug-likeness (QED) is 0.675. The predicted molar refractivity (Wildman–Crippen MR) is 54.1 cm³/mol. The summed E-state index contributed by atoms with van der Waals surface area (Å²) in [4.78, 5) is 0. The van der Waals surface area contributed by atoms with Gasteiger partial charge in [0.25, 0.3) is 0 Å². The van der Waals surface area contributed by atoms with Crippen LogP contribution in [0, 0.1) is 0 Å². The van der Waals surface area contributed by atoms with Crippen LogP contribution < -0.4 is 5.32 Å². The van der Waals surface area contributed by atoms with E-state index < -0.39 is 6.10 Å². The second-order valence-electron chi connectivity index (χ2n) is 3.06. The zero-order valence-corrected chi connectivity index (χ0v) is 7.78. The lowest BCUT2D eigenvalue weighted by Crippen LogP contribution is -1.99. The van der Waals surface area contributed by atoms with Crippen molar-refractivity contribution in [1.29, 1.82) is 0 Å². The van der Waals surface area contributed by atoms with Gasteiger partial charge in [0.15, 0.2) is 0 Å². The minimum Gasteiger partial charge on any atom is -0.388 e. The Bertz CT molecular complexity index is 439. The van der Waals surface area contributed by atoms with Crippen LogP contribution in [-0.4, -0.2) is 11.7 Å². The summed E-state index contributed by atoms with van der Waals surface area (Å²) in [5, 5.41) is 12.9. The number of aliphatic hydroxyl groups excluding tert-OH is 1. The van der Waals surface area contributed by atoms with E-state index in [0.717, 1.165) is 6.42 Å². The maximum absolute atomic E-state index is 9.89. The Morgan fingerprint density at radius 3 is 3.31 bits per heavy atom. The average Bonchev–Trinajstić information content (AvgIpc) is 2.45. The van der Waals surface area contributed by atoms with Crippen LogP contribution in [0.15, 0.2) is 18.1 Å². The molecule has 0 aliphatic carbocycles. The predicted octanol–water partition coefficient (Wildman–Crippen LogP) is 2.58. The molecule has 0 saturated heterocycles. The van der Waals surface area contributed by atoms with E-state index >= 15 is 0 Å². The Kier molecular flexibility index (Phi) is 1.61. The number of benzene rings is 1. The average molecular weight is 201 g/mol. The molecule has 0 amide bonds. The highest BCUT2D eigenvalue weighted by molar-refractivity contribution is 6.30. The smallest absolute Gasteiger partial charge is 0.0810 e. The number of hydrogen-bond acceptors (Lipinski definition) is 2. The van der Waals surface area contributed by atoms with Crippen molar-refractivity contribution in [2.45, 2.75) is 18.9 Å². The molecule has 70 valence electrons. The Morgan fingerprint density at radius 2 is 2.46 bits per heavy atom. The summed E-state index contributed by atoms with van der Waals surface area (Å²) in [6.07, 6.45) is 0.509. The third kappa shape index (κ3) is 1.79. The number of halogens is 1. The van der Waals surface area contributed by atoms with E-state index in [-0.39, 0.29) is 23.1 Å². The van der Waals surface area contributed by atoms with Crippen LogP contribution in [0.4, 0.5) is 5.69 Å². The van der Waals surface area contributed by atoms with Gasteiger partial charge in [-0.15, -0.1) is 0 Å². The first kappa shape index (κ1) is 5.89. The molecule has 1 aromatic rings. The van der Waals surface area contributed by atoms with E-state index in [2.05, 4.69) is 5.32 Å². The van der Waals surface area contributed by atoms with Crippen LogP contribution in [0.25, 0.3) is 0 Å². The second kappa shape index (κ2) is 3.56. The zero-order chi connectivity index (χ0) is 11.9.